The Morgan fingerprint density at radius 3 is 3.00 bits per heavy atom. The van der Waals surface area contributed by atoms with E-state index in [9.17, 15) is 0 Å². The predicted octanol–water partition coefficient (Wildman–Crippen LogP) is 1.96. The normalized spacial score (nSPS) is 21.0. The molecule has 2 nitrogen and oxygen atoms in total. The lowest BCUT2D eigenvalue weighted by Crippen LogP contribution is -2.25. The van der Waals surface area contributed by atoms with E-state index in [1.54, 1.807) is 0 Å². The lowest BCUT2D eigenvalue weighted by atomic mass is 10.0. The van der Waals surface area contributed by atoms with Crippen molar-refractivity contribution in [3.05, 3.63) is 29.3 Å². The van der Waals surface area contributed by atoms with Crippen molar-refractivity contribution in [3.8, 4) is 0 Å². The molecule has 0 aliphatic carbocycles. The summed E-state index contributed by atoms with van der Waals surface area (Å²) in [5.41, 5.74) is 10.3. The molecule has 0 spiro atoms. The summed E-state index contributed by atoms with van der Waals surface area (Å²) in [5.74, 6) is 0. The number of nitrogens with two attached hydrogens (primary N) is 1. The van der Waals surface area contributed by atoms with E-state index >= 15 is 0 Å². The van der Waals surface area contributed by atoms with Crippen molar-refractivity contribution < 1.29 is 0 Å². The molecule has 1 aromatic rings. The van der Waals surface area contributed by atoms with Crippen LogP contribution in [0.25, 0.3) is 0 Å². The first-order valence-corrected chi connectivity index (χ1v) is 5.79. The van der Waals surface area contributed by atoms with Gasteiger partial charge in [0.1, 0.15) is 0 Å². The minimum absolute atomic E-state index is 0.320. The lowest BCUT2D eigenvalue weighted by Gasteiger charge is -2.19. The van der Waals surface area contributed by atoms with E-state index in [2.05, 4.69) is 37.1 Å². The van der Waals surface area contributed by atoms with Crippen LogP contribution >= 0.6 is 0 Å². The standard InChI is InChI=1S/C13H20N2/c1-3-10-4-5-13-11(8-10)9-12(14)6-7-15(13)2/h4-5,8,12H,3,6-7,9,14H2,1-2H3. The van der Waals surface area contributed by atoms with Crippen molar-refractivity contribution in [1.29, 1.82) is 0 Å². The third-order valence-electron chi connectivity index (χ3n) is 3.28. The molecule has 2 rings (SSSR count). The van der Waals surface area contributed by atoms with Crippen LogP contribution in [0.3, 0.4) is 0 Å². The van der Waals surface area contributed by atoms with E-state index in [0.29, 0.717) is 6.04 Å². The fourth-order valence-electron chi connectivity index (χ4n) is 2.26. The largest absolute Gasteiger partial charge is 0.374 e. The second-order valence-corrected chi connectivity index (χ2v) is 4.49. The number of aryl methyl sites for hydroxylation is 1. The number of benzene rings is 1. The van der Waals surface area contributed by atoms with E-state index in [4.69, 9.17) is 5.73 Å². The first-order valence-electron chi connectivity index (χ1n) is 5.79. The molecule has 1 aliphatic heterocycles. The number of fused-ring (bicyclic) bond motifs is 1. The summed E-state index contributed by atoms with van der Waals surface area (Å²) in [6.07, 6.45) is 3.21. The van der Waals surface area contributed by atoms with Crippen LogP contribution in [0.2, 0.25) is 0 Å². The lowest BCUT2D eigenvalue weighted by molar-refractivity contribution is 0.627. The van der Waals surface area contributed by atoms with Crippen LogP contribution in [0.5, 0.6) is 0 Å². The SMILES string of the molecule is CCc1ccc2c(c1)CC(N)CCN2C. The van der Waals surface area contributed by atoms with Crippen LogP contribution in [-0.2, 0) is 12.8 Å². The van der Waals surface area contributed by atoms with Gasteiger partial charge in [0.2, 0.25) is 0 Å². The maximum absolute atomic E-state index is 6.08. The smallest absolute Gasteiger partial charge is 0.0396 e. The highest BCUT2D eigenvalue weighted by atomic mass is 15.1. The van der Waals surface area contributed by atoms with Gasteiger partial charge in [0.25, 0.3) is 0 Å². The Balaban J connectivity index is 2.38. The van der Waals surface area contributed by atoms with Gasteiger partial charge in [0.05, 0.1) is 0 Å². The molecule has 1 atom stereocenters. The van der Waals surface area contributed by atoms with Crippen LogP contribution in [0, 0.1) is 0 Å². The monoisotopic (exact) mass is 204 g/mol. The number of nitrogens with zero attached hydrogens (tertiary/aromatic N) is 1. The number of anilines is 1. The van der Waals surface area contributed by atoms with Crippen LogP contribution in [-0.4, -0.2) is 19.6 Å². The van der Waals surface area contributed by atoms with Gasteiger partial charge in [-0.3, -0.25) is 0 Å². The Morgan fingerprint density at radius 2 is 2.27 bits per heavy atom. The van der Waals surface area contributed by atoms with Crippen molar-refractivity contribution in [2.24, 2.45) is 5.73 Å². The van der Waals surface area contributed by atoms with Gasteiger partial charge < -0.3 is 10.6 Å². The second-order valence-electron chi connectivity index (χ2n) is 4.49. The third kappa shape index (κ3) is 2.15. The molecule has 0 saturated heterocycles. The molecule has 0 aromatic heterocycles. The molecule has 1 unspecified atom stereocenters. The molecule has 0 saturated carbocycles. The molecule has 0 amide bonds. The van der Waals surface area contributed by atoms with Crippen molar-refractivity contribution in [2.75, 3.05) is 18.5 Å². The molecule has 2 heteroatoms. The van der Waals surface area contributed by atoms with E-state index in [1.165, 1.54) is 16.8 Å². The Hall–Kier alpha value is -1.02. The van der Waals surface area contributed by atoms with Gasteiger partial charge in [0, 0.05) is 25.3 Å². The molecule has 15 heavy (non-hydrogen) atoms. The van der Waals surface area contributed by atoms with Crippen molar-refractivity contribution >= 4 is 5.69 Å². The van der Waals surface area contributed by atoms with Crippen molar-refractivity contribution in [3.63, 3.8) is 0 Å². The van der Waals surface area contributed by atoms with E-state index in [-0.39, 0.29) is 0 Å². The maximum Gasteiger partial charge on any atom is 0.0396 e. The summed E-state index contributed by atoms with van der Waals surface area (Å²) in [4.78, 5) is 2.32. The molecule has 1 heterocycles. The molecule has 1 aliphatic rings. The van der Waals surface area contributed by atoms with Crippen LogP contribution in [0.4, 0.5) is 5.69 Å². The minimum atomic E-state index is 0.320. The van der Waals surface area contributed by atoms with E-state index < -0.39 is 0 Å². The zero-order valence-electron chi connectivity index (χ0n) is 9.66. The molecular weight excluding hydrogens is 184 g/mol. The zero-order valence-corrected chi connectivity index (χ0v) is 9.66. The Morgan fingerprint density at radius 1 is 1.47 bits per heavy atom. The van der Waals surface area contributed by atoms with E-state index in [0.717, 1.165) is 25.8 Å². The minimum Gasteiger partial charge on any atom is -0.374 e. The summed E-state index contributed by atoms with van der Waals surface area (Å²) in [6.45, 7) is 3.27. The maximum atomic E-state index is 6.08. The van der Waals surface area contributed by atoms with Crippen molar-refractivity contribution in [2.45, 2.75) is 32.2 Å². The molecule has 2 N–H and O–H groups in total. The zero-order chi connectivity index (χ0) is 10.8. The Labute approximate surface area is 92.1 Å². The topological polar surface area (TPSA) is 29.3 Å². The second kappa shape index (κ2) is 4.23. The molecule has 0 radical (unpaired) electrons. The fourth-order valence-corrected chi connectivity index (χ4v) is 2.26. The molecule has 82 valence electrons. The van der Waals surface area contributed by atoms with Gasteiger partial charge in [-0.2, -0.15) is 0 Å². The first-order chi connectivity index (χ1) is 7.20. The Kier molecular flexibility index (Phi) is 2.96. The predicted molar refractivity (Wildman–Crippen MR) is 65.4 cm³/mol. The van der Waals surface area contributed by atoms with Gasteiger partial charge in [-0.25, -0.2) is 0 Å². The molecule has 0 bridgehead atoms. The highest BCUT2D eigenvalue weighted by Gasteiger charge is 2.16. The fraction of sp³-hybridized carbons (Fsp3) is 0.538. The van der Waals surface area contributed by atoms with Crippen LogP contribution in [0.15, 0.2) is 18.2 Å². The molecule has 1 aromatic carbocycles. The number of rotatable bonds is 1. The average molecular weight is 204 g/mol. The molecular formula is C13H20N2. The average Bonchev–Trinajstić information content (AvgIpc) is 2.38. The Bertz CT molecular complexity index is 346. The van der Waals surface area contributed by atoms with E-state index in [1.807, 2.05) is 0 Å². The van der Waals surface area contributed by atoms with Crippen LogP contribution < -0.4 is 10.6 Å². The van der Waals surface area contributed by atoms with Gasteiger partial charge in [0.15, 0.2) is 0 Å². The van der Waals surface area contributed by atoms with Gasteiger partial charge >= 0.3 is 0 Å². The summed E-state index contributed by atoms with van der Waals surface area (Å²) in [5, 5.41) is 0. The quantitative estimate of drug-likeness (QED) is 0.757. The van der Waals surface area contributed by atoms with Gasteiger partial charge in [-0.15, -0.1) is 0 Å². The number of hydrogen-bond acceptors (Lipinski definition) is 2. The highest BCUT2D eigenvalue weighted by Crippen LogP contribution is 2.26. The third-order valence-corrected chi connectivity index (χ3v) is 3.28. The summed E-state index contributed by atoms with van der Waals surface area (Å²) in [7, 11) is 2.16. The number of hydrogen-bond donors (Lipinski definition) is 1. The molecule has 0 fully saturated rings. The summed E-state index contributed by atoms with van der Waals surface area (Å²) >= 11 is 0. The highest BCUT2D eigenvalue weighted by molar-refractivity contribution is 5.55. The summed E-state index contributed by atoms with van der Waals surface area (Å²) < 4.78 is 0. The summed E-state index contributed by atoms with van der Waals surface area (Å²) in [6, 6.07) is 7.11. The van der Waals surface area contributed by atoms with Crippen LogP contribution in [0.1, 0.15) is 24.5 Å². The van der Waals surface area contributed by atoms with Crippen molar-refractivity contribution in [1.82, 2.24) is 0 Å². The van der Waals surface area contributed by atoms with Gasteiger partial charge in [-0.05, 0) is 36.5 Å². The first kappa shape index (κ1) is 10.5. The van der Waals surface area contributed by atoms with Gasteiger partial charge in [-0.1, -0.05) is 19.1 Å².